The Hall–Kier alpha value is -1.65. The highest BCUT2D eigenvalue weighted by molar-refractivity contribution is 9.10. The Kier molecular flexibility index (Phi) is 4.08. The summed E-state index contributed by atoms with van der Waals surface area (Å²) >= 11 is 3.61. The lowest BCUT2D eigenvalue weighted by Gasteiger charge is -2.17. The van der Waals surface area contributed by atoms with Gasteiger partial charge in [-0.05, 0) is 30.8 Å². The van der Waals surface area contributed by atoms with E-state index < -0.39 is 0 Å². The predicted molar refractivity (Wildman–Crippen MR) is 90.0 cm³/mol. The van der Waals surface area contributed by atoms with Crippen LogP contribution in [-0.4, -0.2) is 21.5 Å². The van der Waals surface area contributed by atoms with Crippen molar-refractivity contribution >= 4 is 27.0 Å². The predicted octanol–water partition coefficient (Wildman–Crippen LogP) is 3.97. The molecule has 0 saturated heterocycles. The third-order valence-electron chi connectivity index (χ3n) is 3.69. The average molecular weight is 344 g/mol. The molecule has 0 saturated carbocycles. The van der Waals surface area contributed by atoms with Gasteiger partial charge < -0.3 is 4.57 Å². The van der Waals surface area contributed by atoms with Gasteiger partial charge in [-0.25, -0.2) is 4.98 Å². The summed E-state index contributed by atoms with van der Waals surface area (Å²) in [5.41, 5.74) is 3.53. The summed E-state index contributed by atoms with van der Waals surface area (Å²) in [6.45, 7) is 1.72. The number of hydrogen-bond acceptors (Lipinski definition) is 2. The molecule has 1 aromatic heterocycles. The van der Waals surface area contributed by atoms with E-state index in [1.54, 1.807) is 0 Å². The number of para-hydroxylation sites is 2. The van der Waals surface area contributed by atoms with Gasteiger partial charge in [-0.3, -0.25) is 4.90 Å². The summed E-state index contributed by atoms with van der Waals surface area (Å²) in [6.07, 6.45) is 0. The van der Waals surface area contributed by atoms with E-state index in [4.69, 9.17) is 4.98 Å². The minimum atomic E-state index is 0.826. The molecule has 3 rings (SSSR count). The summed E-state index contributed by atoms with van der Waals surface area (Å²) in [7, 11) is 4.20. The Balaban J connectivity index is 1.79. The van der Waals surface area contributed by atoms with Crippen LogP contribution in [0.4, 0.5) is 0 Å². The number of imidazole rings is 1. The van der Waals surface area contributed by atoms with Crippen LogP contribution in [0.5, 0.6) is 0 Å². The summed E-state index contributed by atoms with van der Waals surface area (Å²) in [4.78, 5) is 7.00. The Bertz CT molecular complexity index is 764. The van der Waals surface area contributed by atoms with E-state index in [2.05, 4.69) is 75.9 Å². The van der Waals surface area contributed by atoms with E-state index in [1.165, 1.54) is 11.1 Å². The molecule has 2 aromatic carbocycles. The second-order valence-corrected chi connectivity index (χ2v) is 6.19. The lowest BCUT2D eigenvalue weighted by Crippen LogP contribution is -2.19. The molecule has 3 aromatic rings. The number of aromatic nitrogens is 2. The van der Waals surface area contributed by atoms with E-state index in [-0.39, 0.29) is 0 Å². The molecule has 108 valence electrons. The molecule has 1 heterocycles. The van der Waals surface area contributed by atoms with Crippen molar-refractivity contribution in [3.63, 3.8) is 0 Å². The maximum Gasteiger partial charge on any atom is 0.123 e. The molecule has 0 amide bonds. The zero-order chi connectivity index (χ0) is 14.8. The van der Waals surface area contributed by atoms with Crippen LogP contribution in [-0.2, 0) is 20.1 Å². The van der Waals surface area contributed by atoms with E-state index in [9.17, 15) is 0 Å². The van der Waals surface area contributed by atoms with E-state index in [0.29, 0.717) is 0 Å². The smallest absolute Gasteiger partial charge is 0.123 e. The summed E-state index contributed by atoms with van der Waals surface area (Å²) in [5, 5.41) is 0. The van der Waals surface area contributed by atoms with Gasteiger partial charge in [-0.1, -0.05) is 46.3 Å². The van der Waals surface area contributed by atoms with Gasteiger partial charge in [0.15, 0.2) is 0 Å². The van der Waals surface area contributed by atoms with Gasteiger partial charge >= 0.3 is 0 Å². The first-order chi connectivity index (χ1) is 10.1. The Morgan fingerprint density at radius 2 is 1.76 bits per heavy atom. The number of hydrogen-bond donors (Lipinski definition) is 0. The Labute approximate surface area is 133 Å². The van der Waals surface area contributed by atoms with Crippen molar-refractivity contribution in [3.05, 3.63) is 64.4 Å². The Morgan fingerprint density at radius 3 is 2.52 bits per heavy atom. The molecule has 0 spiro atoms. The molecule has 3 nitrogen and oxygen atoms in total. The first kappa shape index (κ1) is 14.3. The fraction of sp³-hybridized carbons (Fsp3) is 0.235. The largest absolute Gasteiger partial charge is 0.330 e. The van der Waals surface area contributed by atoms with Crippen LogP contribution in [0.3, 0.4) is 0 Å². The zero-order valence-electron chi connectivity index (χ0n) is 12.3. The highest BCUT2D eigenvalue weighted by Gasteiger charge is 2.10. The second kappa shape index (κ2) is 6.00. The van der Waals surface area contributed by atoms with Crippen LogP contribution >= 0.6 is 15.9 Å². The number of rotatable bonds is 4. The number of fused-ring (bicyclic) bond motifs is 1. The van der Waals surface area contributed by atoms with Crippen LogP contribution in [0.15, 0.2) is 53.0 Å². The molecule has 0 bridgehead atoms. The van der Waals surface area contributed by atoms with Gasteiger partial charge in [0, 0.05) is 18.1 Å². The van der Waals surface area contributed by atoms with Gasteiger partial charge in [-0.2, -0.15) is 0 Å². The number of benzene rings is 2. The van der Waals surface area contributed by atoms with Crippen molar-refractivity contribution in [1.82, 2.24) is 14.5 Å². The Morgan fingerprint density at radius 1 is 1.05 bits per heavy atom. The van der Waals surface area contributed by atoms with Crippen LogP contribution in [0.1, 0.15) is 11.4 Å². The number of nitrogens with zero attached hydrogens (tertiary/aromatic N) is 3. The third kappa shape index (κ3) is 3.01. The standard InChI is InChI=1S/C17H18BrN3/c1-20(11-13-7-3-4-8-14(13)18)12-17-19-15-9-5-6-10-16(15)21(17)2/h3-10H,11-12H2,1-2H3. The molecule has 21 heavy (non-hydrogen) atoms. The highest BCUT2D eigenvalue weighted by atomic mass is 79.9. The van der Waals surface area contributed by atoms with E-state index in [1.807, 2.05) is 12.1 Å². The van der Waals surface area contributed by atoms with Crippen molar-refractivity contribution in [2.45, 2.75) is 13.1 Å². The molecular formula is C17H18BrN3. The first-order valence-electron chi connectivity index (χ1n) is 6.97. The molecule has 0 radical (unpaired) electrons. The van der Waals surface area contributed by atoms with Gasteiger partial charge in [0.25, 0.3) is 0 Å². The van der Waals surface area contributed by atoms with Gasteiger partial charge in [0.2, 0.25) is 0 Å². The number of halogens is 1. The molecule has 0 unspecified atom stereocenters. The highest BCUT2D eigenvalue weighted by Crippen LogP contribution is 2.19. The quantitative estimate of drug-likeness (QED) is 0.714. The molecule has 0 aliphatic carbocycles. The fourth-order valence-corrected chi connectivity index (χ4v) is 2.96. The first-order valence-corrected chi connectivity index (χ1v) is 7.77. The molecule has 0 atom stereocenters. The zero-order valence-corrected chi connectivity index (χ0v) is 13.8. The van der Waals surface area contributed by atoms with Gasteiger partial charge in [0.05, 0.1) is 17.6 Å². The van der Waals surface area contributed by atoms with Crippen LogP contribution in [0, 0.1) is 0 Å². The van der Waals surface area contributed by atoms with Gasteiger partial charge in [0.1, 0.15) is 5.82 Å². The van der Waals surface area contributed by atoms with Crippen molar-refractivity contribution in [2.75, 3.05) is 7.05 Å². The lowest BCUT2D eigenvalue weighted by atomic mass is 10.2. The topological polar surface area (TPSA) is 21.1 Å². The maximum atomic E-state index is 4.73. The molecule has 0 aliphatic rings. The lowest BCUT2D eigenvalue weighted by molar-refractivity contribution is 0.307. The molecule has 0 fully saturated rings. The third-order valence-corrected chi connectivity index (χ3v) is 4.46. The fourth-order valence-electron chi connectivity index (χ4n) is 2.55. The molecule has 0 aliphatic heterocycles. The number of aryl methyl sites for hydroxylation is 1. The molecule has 4 heteroatoms. The van der Waals surface area contributed by atoms with Crippen molar-refractivity contribution in [3.8, 4) is 0 Å². The van der Waals surface area contributed by atoms with Crippen LogP contribution in [0.2, 0.25) is 0 Å². The molecular weight excluding hydrogens is 326 g/mol. The van der Waals surface area contributed by atoms with Crippen molar-refractivity contribution in [2.24, 2.45) is 7.05 Å². The maximum absolute atomic E-state index is 4.73. The van der Waals surface area contributed by atoms with E-state index in [0.717, 1.165) is 28.9 Å². The molecule has 0 N–H and O–H groups in total. The minimum absolute atomic E-state index is 0.826. The average Bonchev–Trinajstić information content (AvgIpc) is 2.78. The van der Waals surface area contributed by atoms with Gasteiger partial charge in [-0.15, -0.1) is 0 Å². The van der Waals surface area contributed by atoms with Crippen molar-refractivity contribution < 1.29 is 0 Å². The van der Waals surface area contributed by atoms with E-state index >= 15 is 0 Å². The monoisotopic (exact) mass is 343 g/mol. The van der Waals surface area contributed by atoms with Crippen LogP contribution < -0.4 is 0 Å². The summed E-state index contributed by atoms with van der Waals surface area (Å²) < 4.78 is 3.33. The van der Waals surface area contributed by atoms with Crippen LogP contribution in [0.25, 0.3) is 11.0 Å². The normalized spacial score (nSPS) is 11.4. The summed E-state index contributed by atoms with van der Waals surface area (Å²) in [5.74, 6) is 1.09. The van der Waals surface area contributed by atoms with Crippen molar-refractivity contribution in [1.29, 1.82) is 0 Å². The second-order valence-electron chi connectivity index (χ2n) is 5.34. The summed E-state index contributed by atoms with van der Waals surface area (Å²) in [6, 6.07) is 16.6. The minimum Gasteiger partial charge on any atom is -0.330 e. The SMILES string of the molecule is CN(Cc1ccccc1Br)Cc1nc2ccccc2n1C.